The Bertz CT molecular complexity index is 561. The lowest BCUT2D eigenvalue weighted by atomic mass is 10.2. The van der Waals surface area contributed by atoms with Crippen LogP contribution in [0.1, 0.15) is 17.7 Å². The standard InChI is InChI=1S/C15H22N6/c1-21-12-13(11-20-21)5-4-9-18-15(16)19-10-7-14-6-2-3-8-17-14/h2-3,6,8,11-12H,4-5,7,9-10H2,1H3,(H3,16,18,19). The summed E-state index contributed by atoms with van der Waals surface area (Å²) in [6.07, 6.45) is 8.49. The second kappa shape index (κ2) is 8.04. The zero-order valence-corrected chi connectivity index (χ0v) is 12.4. The van der Waals surface area contributed by atoms with Crippen LogP contribution in [0.25, 0.3) is 0 Å². The van der Waals surface area contributed by atoms with Crippen LogP contribution in [-0.2, 0) is 19.9 Å². The minimum absolute atomic E-state index is 0.497. The molecule has 2 heterocycles. The van der Waals surface area contributed by atoms with Gasteiger partial charge in [-0.25, -0.2) is 0 Å². The fraction of sp³-hybridized carbons (Fsp3) is 0.400. The van der Waals surface area contributed by atoms with Gasteiger partial charge >= 0.3 is 0 Å². The van der Waals surface area contributed by atoms with E-state index in [2.05, 4.69) is 20.4 Å². The molecule has 0 saturated heterocycles. The largest absolute Gasteiger partial charge is 0.370 e. The van der Waals surface area contributed by atoms with Gasteiger partial charge in [-0.15, -0.1) is 0 Å². The summed E-state index contributed by atoms with van der Waals surface area (Å²) in [6.45, 7) is 1.46. The fourth-order valence-corrected chi connectivity index (χ4v) is 2.00. The topological polar surface area (TPSA) is 81.1 Å². The highest BCUT2D eigenvalue weighted by molar-refractivity contribution is 5.77. The average molecular weight is 286 g/mol. The quantitative estimate of drug-likeness (QED) is 0.450. The molecule has 0 bridgehead atoms. The first-order chi connectivity index (χ1) is 10.2. The first-order valence-corrected chi connectivity index (χ1v) is 7.15. The Morgan fingerprint density at radius 3 is 3.00 bits per heavy atom. The molecule has 6 nitrogen and oxygen atoms in total. The third-order valence-electron chi connectivity index (χ3n) is 3.08. The maximum Gasteiger partial charge on any atom is 0.188 e. The second-order valence-electron chi connectivity index (χ2n) is 4.89. The molecule has 0 fully saturated rings. The number of aryl methyl sites for hydroxylation is 2. The number of pyridine rings is 1. The highest BCUT2D eigenvalue weighted by Crippen LogP contribution is 2.00. The van der Waals surface area contributed by atoms with E-state index in [1.807, 2.05) is 42.3 Å². The Balaban J connectivity index is 1.60. The SMILES string of the molecule is Cn1cc(CCCN=C(N)NCCc2ccccn2)cn1. The van der Waals surface area contributed by atoms with E-state index in [-0.39, 0.29) is 0 Å². The first-order valence-electron chi connectivity index (χ1n) is 7.15. The number of aliphatic imine (C=N–C) groups is 1. The average Bonchev–Trinajstić information content (AvgIpc) is 2.90. The zero-order valence-electron chi connectivity index (χ0n) is 12.4. The van der Waals surface area contributed by atoms with Crippen LogP contribution in [0, 0.1) is 0 Å². The Morgan fingerprint density at radius 2 is 2.29 bits per heavy atom. The maximum absolute atomic E-state index is 5.82. The summed E-state index contributed by atoms with van der Waals surface area (Å²) in [4.78, 5) is 8.57. The molecule has 112 valence electrons. The molecular formula is C15H22N6. The minimum Gasteiger partial charge on any atom is -0.370 e. The molecule has 0 aromatic carbocycles. The predicted molar refractivity (Wildman–Crippen MR) is 84.0 cm³/mol. The third-order valence-corrected chi connectivity index (χ3v) is 3.08. The monoisotopic (exact) mass is 286 g/mol. The highest BCUT2D eigenvalue weighted by atomic mass is 15.2. The summed E-state index contributed by atoms with van der Waals surface area (Å²) in [6, 6.07) is 5.90. The number of hydrogen-bond donors (Lipinski definition) is 2. The van der Waals surface area contributed by atoms with E-state index in [9.17, 15) is 0 Å². The molecule has 0 radical (unpaired) electrons. The first kappa shape index (κ1) is 15.0. The van der Waals surface area contributed by atoms with Gasteiger partial charge in [0.05, 0.1) is 6.20 Å². The second-order valence-corrected chi connectivity index (χ2v) is 4.89. The van der Waals surface area contributed by atoms with Crippen LogP contribution in [0.2, 0.25) is 0 Å². The van der Waals surface area contributed by atoms with Gasteiger partial charge in [0.15, 0.2) is 5.96 Å². The summed E-state index contributed by atoms with van der Waals surface area (Å²) in [5.41, 5.74) is 8.10. The lowest BCUT2D eigenvalue weighted by Crippen LogP contribution is -2.33. The smallest absolute Gasteiger partial charge is 0.188 e. The van der Waals surface area contributed by atoms with Crippen LogP contribution in [0.15, 0.2) is 41.8 Å². The molecule has 0 aliphatic rings. The molecule has 21 heavy (non-hydrogen) atoms. The van der Waals surface area contributed by atoms with Crippen molar-refractivity contribution in [2.45, 2.75) is 19.3 Å². The molecule has 3 N–H and O–H groups in total. The van der Waals surface area contributed by atoms with Crippen molar-refractivity contribution in [1.29, 1.82) is 0 Å². The van der Waals surface area contributed by atoms with Crippen LogP contribution in [0.3, 0.4) is 0 Å². The van der Waals surface area contributed by atoms with Crippen molar-refractivity contribution < 1.29 is 0 Å². The molecule has 2 aromatic heterocycles. The van der Waals surface area contributed by atoms with Crippen molar-refractivity contribution in [3.63, 3.8) is 0 Å². The summed E-state index contributed by atoms with van der Waals surface area (Å²) >= 11 is 0. The van der Waals surface area contributed by atoms with Gasteiger partial charge < -0.3 is 11.1 Å². The van der Waals surface area contributed by atoms with Gasteiger partial charge in [-0.3, -0.25) is 14.7 Å². The van der Waals surface area contributed by atoms with Crippen molar-refractivity contribution in [3.8, 4) is 0 Å². The Labute approximate surface area is 125 Å². The minimum atomic E-state index is 0.497. The fourth-order valence-electron chi connectivity index (χ4n) is 2.00. The summed E-state index contributed by atoms with van der Waals surface area (Å²) in [5.74, 6) is 0.497. The van der Waals surface area contributed by atoms with E-state index in [1.54, 1.807) is 6.20 Å². The summed E-state index contributed by atoms with van der Waals surface area (Å²) in [5, 5.41) is 7.24. The van der Waals surface area contributed by atoms with Gasteiger partial charge in [0.2, 0.25) is 0 Å². The number of guanidine groups is 1. The normalized spacial score (nSPS) is 11.6. The van der Waals surface area contributed by atoms with Crippen molar-refractivity contribution in [3.05, 3.63) is 48.0 Å². The lowest BCUT2D eigenvalue weighted by molar-refractivity contribution is 0.764. The molecule has 0 spiro atoms. The number of nitrogens with zero attached hydrogens (tertiary/aromatic N) is 4. The van der Waals surface area contributed by atoms with Gasteiger partial charge in [0, 0.05) is 44.6 Å². The predicted octanol–water partition coefficient (Wildman–Crippen LogP) is 0.895. The maximum atomic E-state index is 5.82. The van der Waals surface area contributed by atoms with Crippen molar-refractivity contribution in [2.24, 2.45) is 17.8 Å². The van der Waals surface area contributed by atoms with Gasteiger partial charge in [0.1, 0.15) is 0 Å². The lowest BCUT2D eigenvalue weighted by Gasteiger charge is -2.05. The van der Waals surface area contributed by atoms with Crippen molar-refractivity contribution >= 4 is 5.96 Å². The van der Waals surface area contributed by atoms with Crippen LogP contribution < -0.4 is 11.1 Å². The Kier molecular flexibility index (Phi) is 5.75. The molecule has 6 heteroatoms. The summed E-state index contributed by atoms with van der Waals surface area (Å²) in [7, 11) is 1.92. The van der Waals surface area contributed by atoms with Crippen molar-refractivity contribution in [1.82, 2.24) is 20.1 Å². The molecular weight excluding hydrogens is 264 g/mol. The van der Waals surface area contributed by atoms with Gasteiger partial charge in [-0.2, -0.15) is 5.10 Å². The molecule has 0 aliphatic carbocycles. The van der Waals surface area contributed by atoms with Gasteiger partial charge in [0.25, 0.3) is 0 Å². The van der Waals surface area contributed by atoms with Crippen LogP contribution in [-0.4, -0.2) is 33.8 Å². The van der Waals surface area contributed by atoms with E-state index in [0.717, 1.165) is 38.0 Å². The molecule has 2 rings (SSSR count). The molecule has 2 aromatic rings. The third kappa shape index (κ3) is 5.64. The van der Waals surface area contributed by atoms with Crippen LogP contribution in [0.5, 0.6) is 0 Å². The number of nitrogens with two attached hydrogens (primary N) is 1. The van der Waals surface area contributed by atoms with Crippen LogP contribution in [0.4, 0.5) is 0 Å². The van der Waals surface area contributed by atoms with E-state index >= 15 is 0 Å². The van der Waals surface area contributed by atoms with Crippen LogP contribution >= 0.6 is 0 Å². The molecule has 0 atom stereocenters. The van der Waals surface area contributed by atoms with E-state index in [1.165, 1.54) is 5.56 Å². The van der Waals surface area contributed by atoms with E-state index < -0.39 is 0 Å². The number of rotatable bonds is 7. The van der Waals surface area contributed by atoms with E-state index in [4.69, 9.17) is 5.73 Å². The number of hydrogen-bond acceptors (Lipinski definition) is 3. The number of nitrogens with one attached hydrogen (secondary N) is 1. The molecule has 0 saturated carbocycles. The Morgan fingerprint density at radius 1 is 1.38 bits per heavy atom. The molecule has 0 amide bonds. The van der Waals surface area contributed by atoms with E-state index in [0.29, 0.717) is 5.96 Å². The van der Waals surface area contributed by atoms with Crippen molar-refractivity contribution in [2.75, 3.05) is 13.1 Å². The molecule has 0 aliphatic heterocycles. The number of aromatic nitrogens is 3. The highest BCUT2D eigenvalue weighted by Gasteiger charge is 1.97. The van der Waals surface area contributed by atoms with Gasteiger partial charge in [-0.05, 0) is 30.5 Å². The zero-order chi connectivity index (χ0) is 14.9. The molecule has 0 unspecified atom stereocenters. The Hall–Kier alpha value is -2.37. The summed E-state index contributed by atoms with van der Waals surface area (Å²) < 4.78 is 1.81. The van der Waals surface area contributed by atoms with Gasteiger partial charge in [-0.1, -0.05) is 6.07 Å².